The third-order valence-electron chi connectivity index (χ3n) is 7.62. The summed E-state index contributed by atoms with van der Waals surface area (Å²) in [5.41, 5.74) is 3.32. The Kier molecular flexibility index (Phi) is 7.26. The summed E-state index contributed by atoms with van der Waals surface area (Å²) >= 11 is 12.2. The van der Waals surface area contributed by atoms with E-state index in [-0.39, 0.29) is 41.4 Å². The molecule has 0 saturated carbocycles. The number of carbonyl (C=O) groups is 2. The summed E-state index contributed by atoms with van der Waals surface area (Å²) in [6.07, 6.45) is 0.527. The van der Waals surface area contributed by atoms with Crippen molar-refractivity contribution in [2.45, 2.75) is 56.8 Å². The Morgan fingerprint density at radius 1 is 1.08 bits per heavy atom. The summed E-state index contributed by atoms with van der Waals surface area (Å²) in [6, 6.07) is 10.8. The Morgan fingerprint density at radius 2 is 1.77 bits per heavy atom. The molecule has 2 aromatic carbocycles. The second-order valence-electron chi connectivity index (χ2n) is 10.1. The van der Waals surface area contributed by atoms with E-state index in [9.17, 15) is 18.0 Å². The lowest BCUT2D eigenvalue weighted by Crippen LogP contribution is -2.45. The Bertz CT molecular complexity index is 1570. The highest BCUT2D eigenvalue weighted by atomic mass is 35.5. The first-order valence-electron chi connectivity index (χ1n) is 12.6. The van der Waals surface area contributed by atoms with Crippen LogP contribution in [0.25, 0.3) is 0 Å². The van der Waals surface area contributed by atoms with Crippen LogP contribution in [-0.2, 0) is 23.0 Å². The van der Waals surface area contributed by atoms with Crippen molar-refractivity contribution in [1.29, 1.82) is 0 Å². The molecule has 9 nitrogen and oxygen atoms in total. The SMILES string of the molecule is CNS(=O)(=O)c1ccc([C@@H](C)N2C[C@@H](C)n3nc4c(c3C2=O)CN(C(=O)c2ccc(Cl)c(Cl)c2)[C@H](C)C4)cc1. The van der Waals surface area contributed by atoms with Crippen LogP contribution in [0, 0.1) is 0 Å². The quantitative estimate of drug-likeness (QED) is 0.473. The Morgan fingerprint density at radius 3 is 2.41 bits per heavy atom. The largest absolute Gasteiger partial charge is 0.331 e. The van der Waals surface area contributed by atoms with Crippen LogP contribution < -0.4 is 4.72 Å². The van der Waals surface area contributed by atoms with Crippen molar-refractivity contribution in [1.82, 2.24) is 24.3 Å². The molecular formula is C27H29Cl2N5O4S. The van der Waals surface area contributed by atoms with E-state index < -0.39 is 10.0 Å². The summed E-state index contributed by atoms with van der Waals surface area (Å²) < 4.78 is 28.3. The van der Waals surface area contributed by atoms with Gasteiger partial charge in [-0.2, -0.15) is 5.10 Å². The second kappa shape index (κ2) is 10.2. The van der Waals surface area contributed by atoms with Crippen molar-refractivity contribution < 1.29 is 18.0 Å². The number of hydrogen-bond acceptors (Lipinski definition) is 5. The van der Waals surface area contributed by atoms with E-state index >= 15 is 0 Å². The molecule has 5 rings (SSSR count). The molecule has 0 bridgehead atoms. The minimum absolute atomic E-state index is 0.0794. The number of fused-ring (bicyclic) bond motifs is 3. The van der Waals surface area contributed by atoms with Gasteiger partial charge < -0.3 is 9.80 Å². The van der Waals surface area contributed by atoms with Crippen molar-refractivity contribution >= 4 is 45.0 Å². The average Bonchev–Trinajstić information content (AvgIpc) is 3.30. The Hall–Kier alpha value is -2.92. The number of nitrogens with one attached hydrogen (secondary N) is 1. The van der Waals surface area contributed by atoms with Crippen LogP contribution in [0.1, 0.15) is 70.5 Å². The van der Waals surface area contributed by atoms with Gasteiger partial charge in [-0.05, 0) is 63.7 Å². The molecule has 206 valence electrons. The summed E-state index contributed by atoms with van der Waals surface area (Å²) in [5.74, 6) is -0.359. The lowest BCUT2D eigenvalue weighted by atomic mass is 9.96. The van der Waals surface area contributed by atoms with E-state index in [2.05, 4.69) is 4.72 Å². The van der Waals surface area contributed by atoms with Crippen LogP contribution in [0.4, 0.5) is 0 Å². The number of halogens is 2. The zero-order valence-corrected chi connectivity index (χ0v) is 24.3. The van der Waals surface area contributed by atoms with E-state index in [0.29, 0.717) is 34.3 Å². The van der Waals surface area contributed by atoms with Gasteiger partial charge in [-0.25, -0.2) is 13.1 Å². The first-order valence-corrected chi connectivity index (χ1v) is 14.9. The van der Waals surface area contributed by atoms with E-state index in [1.165, 1.54) is 19.2 Å². The topological polar surface area (TPSA) is 105 Å². The van der Waals surface area contributed by atoms with Crippen molar-refractivity contribution in [2.24, 2.45) is 0 Å². The van der Waals surface area contributed by atoms with E-state index in [0.717, 1.165) is 16.8 Å². The molecule has 0 saturated heterocycles. The lowest BCUT2D eigenvalue weighted by Gasteiger charge is -2.37. The lowest BCUT2D eigenvalue weighted by molar-refractivity contribution is 0.0574. The van der Waals surface area contributed by atoms with Crippen molar-refractivity contribution in [3.8, 4) is 0 Å². The molecule has 3 heterocycles. The van der Waals surface area contributed by atoms with E-state index in [4.69, 9.17) is 28.3 Å². The minimum Gasteiger partial charge on any atom is -0.331 e. The summed E-state index contributed by atoms with van der Waals surface area (Å²) in [5, 5.41) is 5.48. The van der Waals surface area contributed by atoms with Crippen molar-refractivity contribution in [3.05, 3.63) is 80.6 Å². The number of carbonyl (C=O) groups excluding carboxylic acids is 2. The molecule has 0 radical (unpaired) electrons. The molecule has 39 heavy (non-hydrogen) atoms. The maximum atomic E-state index is 13.9. The molecule has 2 amide bonds. The van der Waals surface area contributed by atoms with Gasteiger partial charge in [-0.15, -0.1) is 0 Å². The van der Waals surface area contributed by atoms with Crippen LogP contribution >= 0.6 is 23.2 Å². The van der Waals surface area contributed by atoms with Gasteiger partial charge in [0.2, 0.25) is 10.0 Å². The number of rotatable bonds is 5. The van der Waals surface area contributed by atoms with E-state index in [1.807, 2.05) is 20.8 Å². The number of benzene rings is 2. The monoisotopic (exact) mass is 589 g/mol. The zero-order chi connectivity index (χ0) is 28.2. The molecule has 3 aromatic rings. The van der Waals surface area contributed by atoms with E-state index in [1.54, 1.807) is 44.8 Å². The molecule has 1 aromatic heterocycles. The first-order chi connectivity index (χ1) is 18.4. The predicted molar refractivity (Wildman–Crippen MR) is 149 cm³/mol. The molecule has 12 heteroatoms. The fourth-order valence-corrected chi connectivity index (χ4v) is 6.34. The van der Waals surface area contributed by atoms with Crippen LogP contribution in [-0.4, -0.2) is 59.4 Å². The number of amides is 2. The minimum atomic E-state index is -3.56. The molecule has 0 spiro atoms. The summed E-state index contributed by atoms with van der Waals surface area (Å²) in [7, 11) is -2.19. The van der Waals surface area contributed by atoms with Gasteiger partial charge in [0.05, 0.1) is 39.3 Å². The highest BCUT2D eigenvalue weighted by Gasteiger charge is 2.40. The van der Waals surface area contributed by atoms with Gasteiger partial charge in [0, 0.05) is 30.1 Å². The predicted octanol–water partition coefficient (Wildman–Crippen LogP) is 4.46. The van der Waals surface area contributed by atoms with Crippen LogP contribution in [0.5, 0.6) is 0 Å². The standard InChI is InChI=1S/C27H29Cl2N5O4S/c1-15-11-24-21(14-32(15)26(35)19-7-10-22(28)23(29)12-19)25-27(36)33(13-16(2)34(25)31-24)17(3)18-5-8-20(9-6-18)39(37,38)30-4/h5-10,12,15-17,30H,11,13-14H2,1-4H3/t15-,16-,17-/m1/s1. The molecule has 2 aliphatic heterocycles. The number of aromatic nitrogens is 2. The fourth-order valence-electron chi connectivity index (χ4n) is 5.31. The molecule has 2 aliphatic rings. The van der Waals surface area contributed by atoms with Gasteiger partial charge in [0.15, 0.2) is 0 Å². The molecule has 0 aliphatic carbocycles. The smallest absolute Gasteiger partial charge is 0.273 e. The maximum Gasteiger partial charge on any atom is 0.273 e. The van der Waals surface area contributed by atoms with Gasteiger partial charge >= 0.3 is 0 Å². The van der Waals surface area contributed by atoms with Crippen LogP contribution in [0.2, 0.25) is 10.0 Å². The Balaban J connectivity index is 1.45. The second-order valence-corrected chi connectivity index (χ2v) is 12.8. The third kappa shape index (κ3) is 4.84. The molecule has 0 fully saturated rings. The van der Waals surface area contributed by atoms with Gasteiger partial charge in [-0.1, -0.05) is 35.3 Å². The average molecular weight is 591 g/mol. The fraction of sp³-hybridized carbons (Fsp3) is 0.370. The van der Waals surface area contributed by atoms with Gasteiger partial charge in [0.1, 0.15) is 5.69 Å². The zero-order valence-electron chi connectivity index (χ0n) is 22.0. The highest BCUT2D eigenvalue weighted by molar-refractivity contribution is 7.89. The van der Waals surface area contributed by atoms with Gasteiger partial charge in [0.25, 0.3) is 11.8 Å². The first kappa shape index (κ1) is 27.6. The molecular weight excluding hydrogens is 561 g/mol. The molecule has 3 atom stereocenters. The van der Waals surface area contributed by atoms with Gasteiger partial charge in [-0.3, -0.25) is 14.3 Å². The highest BCUT2D eigenvalue weighted by Crippen LogP contribution is 2.35. The molecule has 1 N–H and O–H groups in total. The number of sulfonamides is 1. The summed E-state index contributed by atoms with van der Waals surface area (Å²) in [4.78, 5) is 31.1. The summed E-state index contributed by atoms with van der Waals surface area (Å²) in [6.45, 7) is 6.60. The normalized spacial score (nSPS) is 20.0. The number of nitrogens with zero attached hydrogens (tertiary/aromatic N) is 4. The number of hydrogen-bond donors (Lipinski definition) is 1. The maximum absolute atomic E-state index is 13.9. The van der Waals surface area contributed by atoms with Crippen molar-refractivity contribution in [3.63, 3.8) is 0 Å². The van der Waals surface area contributed by atoms with Crippen molar-refractivity contribution in [2.75, 3.05) is 13.6 Å². The molecule has 0 unspecified atom stereocenters. The van der Waals surface area contributed by atoms with Crippen LogP contribution in [0.3, 0.4) is 0 Å². The van der Waals surface area contributed by atoms with Crippen LogP contribution in [0.15, 0.2) is 47.4 Å². The Labute approximate surface area is 237 Å². The third-order valence-corrected chi connectivity index (χ3v) is 9.79.